The van der Waals surface area contributed by atoms with Crippen molar-refractivity contribution in [2.45, 2.75) is 33.2 Å². The molecule has 140 valence electrons. The summed E-state index contributed by atoms with van der Waals surface area (Å²) in [6, 6.07) is 8.22. The Balaban J connectivity index is 2.68. The first-order chi connectivity index (χ1) is 12.9. The van der Waals surface area contributed by atoms with Crippen LogP contribution < -0.4 is 5.56 Å². The van der Waals surface area contributed by atoms with Gasteiger partial charge in [0, 0.05) is 12.3 Å². The van der Waals surface area contributed by atoms with E-state index < -0.39 is 11.5 Å². The number of hydrogen-bond acceptors (Lipinski definition) is 6. The Labute approximate surface area is 157 Å². The molecule has 1 heterocycles. The Hall–Kier alpha value is -3.40. The van der Waals surface area contributed by atoms with Crippen LogP contribution in [0.4, 0.5) is 5.69 Å². The maximum Gasteiger partial charge on any atom is 0.340 e. The van der Waals surface area contributed by atoms with E-state index in [1.54, 1.807) is 38.1 Å². The number of carbonyl (C=O) groups excluding carboxylic acids is 1. The van der Waals surface area contributed by atoms with E-state index in [0.717, 1.165) is 0 Å². The first-order valence-corrected chi connectivity index (χ1v) is 8.46. The normalized spacial score (nSPS) is 12.0. The summed E-state index contributed by atoms with van der Waals surface area (Å²) in [6.45, 7) is 5.24. The highest BCUT2D eigenvalue weighted by molar-refractivity contribution is 5.96. The van der Waals surface area contributed by atoms with Gasteiger partial charge in [-0.2, -0.15) is 5.26 Å². The molecule has 0 aliphatic carbocycles. The van der Waals surface area contributed by atoms with Crippen LogP contribution in [0.2, 0.25) is 0 Å². The number of aromatic nitrogens is 1. The first-order valence-electron chi connectivity index (χ1n) is 8.46. The van der Waals surface area contributed by atoms with E-state index in [9.17, 15) is 20.0 Å². The Morgan fingerprint density at radius 3 is 2.70 bits per heavy atom. The van der Waals surface area contributed by atoms with Gasteiger partial charge in [-0.1, -0.05) is 19.1 Å². The quantitative estimate of drug-likeness (QED) is 0.645. The molecule has 27 heavy (non-hydrogen) atoms. The van der Waals surface area contributed by atoms with Crippen molar-refractivity contribution in [3.05, 3.63) is 56.9 Å². The van der Waals surface area contributed by atoms with Gasteiger partial charge in [0.15, 0.2) is 0 Å². The summed E-state index contributed by atoms with van der Waals surface area (Å²) in [4.78, 5) is 28.7. The highest BCUT2D eigenvalue weighted by atomic mass is 16.5. The largest absolute Gasteiger partial charge is 0.494 e. The van der Waals surface area contributed by atoms with Crippen LogP contribution >= 0.6 is 0 Å². The molecule has 1 N–H and O–H groups in total. The van der Waals surface area contributed by atoms with Gasteiger partial charge in [0.1, 0.15) is 11.6 Å². The molecule has 1 unspecified atom stereocenters. The number of nitriles is 1. The molecule has 0 aliphatic heterocycles. The number of hydrogen-bond donors (Lipinski definition) is 1. The summed E-state index contributed by atoms with van der Waals surface area (Å²) in [6.07, 6.45) is 1.95. The van der Waals surface area contributed by atoms with Crippen molar-refractivity contribution in [1.82, 2.24) is 4.57 Å². The molecule has 1 aromatic heterocycles. The number of aliphatic imine (C=N–C) groups is 1. The zero-order valence-electron chi connectivity index (χ0n) is 15.7. The molecule has 1 atom stereocenters. The van der Waals surface area contributed by atoms with E-state index in [4.69, 9.17) is 4.74 Å². The van der Waals surface area contributed by atoms with Gasteiger partial charge in [-0.15, -0.1) is 0 Å². The lowest BCUT2D eigenvalue weighted by Gasteiger charge is -2.18. The number of esters is 1. The zero-order chi connectivity index (χ0) is 20.1. The number of rotatable bonds is 5. The summed E-state index contributed by atoms with van der Waals surface area (Å²) >= 11 is 0. The van der Waals surface area contributed by atoms with Crippen molar-refractivity contribution >= 4 is 17.9 Å². The highest BCUT2D eigenvalue weighted by Crippen LogP contribution is 2.26. The summed E-state index contributed by atoms with van der Waals surface area (Å²) in [7, 11) is 1.28. The van der Waals surface area contributed by atoms with Crippen LogP contribution in [0.15, 0.2) is 34.1 Å². The monoisotopic (exact) mass is 367 g/mol. The molecule has 0 fully saturated rings. The Bertz CT molecular complexity index is 1000. The minimum atomic E-state index is -0.536. The average molecular weight is 367 g/mol. The topological polar surface area (TPSA) is 105 Å². The summed E-state index contributed by atoms with van der Waals surface area (Å²) < 4.78 is 5.94. The molecule has 0 saturated carbocycles. The van der Waals surface area contributed by atoms with E-state index >= 15 is 0 Å². The van der Waals surface area contributed by atoms with Crippen molar-refractivity contribution in [2.75, 3.05) is 7.11 Å². The second-order valence-electron chi connectivity index (χ2n) is 6.05. The standard InChI is InChI=1S/C20H21N3O4/c1-5-12(2)23-18(24)15(10-21)13(3)16(19(23)25)11-22-17-9-7-6-8-14(17)20(26)27-4/h6-9,11-12,25H,5H2,1-4H3. The van der Waals surface area contributed by atoms with E-state index in [0.29, 0.717) is 17.7 Å². The average Bonchev–Trinajstić information content (AvgIpc) is 2.67. The molecule has 0 spiro atoms. The maximum atomic E-state index is 12.5. The van der Waals surface area contributed by atoms with E-state index in [-0.39, 0.29) is 28.6 Å². The lowest BCUT2D eigenvalue weighted by atomic mass is 10.0. The lowest BCUT2D eigenvalue weighted by Crippen LogP contribution is -2.27. The molecule has 1 aromatic carbocycles. The fraction of sp³-hybridized carbons (Fsp3) is 0.300. The molecule has 0 saturated heterocycles. The second-order valence-corrected chi connectivity index (χ2v) is 6.05. The number of nitrogens with zero attached hydrogens (tertiary/aromatic N) is 3. The number of para-hydroxylation sites is 1. The predicted octanol–water partition coefficient (Wildman–Crippen LogP) is 3.24. The van der Waals surface area contributed by atoms with Gasteiger partial charge in [0.2, 0.25) is 5.88 Å². The molecule has 2 rings (SSSR count). The number of ether oxygens (including phenoxy) is 1. The van der Waals surface area contributed by atoms with Gasteiger partial charge in [-0.3, -0.25) is 14.4 Å². The molecule has 2 aromatic rings. The molecule has 7 nitrogen and oxygen atoms in total. The fourth-order valence-electron chi connectivity index (χ4n) is 2.69. The van der Waals surface area contributed by atoms with Crippen LogP contribution in [0.25, 0.3) is 0 Å². The van der Waals surface area contributed by atoms with Crippen LogP contribution in [0.5, 0.6) is 5.88 Å². The Kier molecular flexibility index (Phi) is 6.14. The minimum absolute atomic E-state index is 0.0456. The van der Waals surface area contributed by atoms with Crippen LogP contribution in [0.1, 0.15) is 53.4 Å². The molecular weight excluding hydrogens is 346 g/mol. The van der Waals surface area contributed by atoms with E-state index in [1.165, 1.54) is 17.9 Å². The van der Waals surface area contributed by atoms with Crippen molar-refractivity contribution < 1.29 is 14.6 Å². The summed E-state index contributed by atoms with van der Waals surface area (Å²) in [5.74, 6) is -0.795. The van der Waals surface area contributed by atoms with Gasteiger partial charge in [0.25, 0.3) is 5.56 Å². The SMILES string of the molecule is CCC(C)n1c(O)c(C=Nc2ccccc2C(=O)OC)c(C)c(C#N)c1=O. The Morgan fingerprint density at radius 2 is 2.11 bits per heavy atom. The van der Waals surface area contributed by atoms with Gasteiger partial charge in [-0.05, 0) is 38.0 Å². The Morgan fingerprint density at radius 1 is 1.44 bits per heavy atom. The second kappa shape index (κ2) is 8.32. The number of benzene rings is 1. The molecule has 7 heteroatoms. The van der Waals surface area contributed by atoms with Crippen LogP contribution in [0, 0.1) is 18.3 Å². The van der Waals surface area contributed by atoms with Gasteiger partial charge in [-0.25, -0.2) is 4.79 Å². The molecule has 0 amide bonds. The summed E-state index contributed by atoms with van der Waals surface area (Å²) in [5.41, 5.74) is 0.627. The minimum Gasteiger partial charge on any atom is -0.494 e. The smallest absolute Gasteiger partial charge is 0.340 e. The van der Waals surface area contributed by atoms with E-state index in [1.807, 2.05) is 13.0 Å². The van der Waals surface area contributed by atoms with Crippen LogP contribution in [-0.4, -0.2) is 29.0 Å². The maximum absolute atomic E-state index is 12.5. The van der Waals surface area contributed by atoms with Crippen molar-refractivity contribution in [3.63, 3.8) is 0 Å². The van der Waals surface area contributed by atoms with E-state index in [2.05, 4.69) is 4.99 Å². The third-order valence-corrected chi connectivity index (χ3v) is 4.47. The zero-order valence-corrected chi connectivity index (χ0v) is 15.7. The van der Waals surface area contributed by atoms with Crippen molar-refractivity contribution in [1.29, 1.82) is 5.26 Å². The third-order valence-electron chi connectivity index (χ3n) is 4.47. The summed E-state index contributed by atoms with van der Waals surface area (Å²) in [5, 5.41) is 20.0. The number of carbonyl (C=O) groups is 1. The van der Waals surface area contributed by atoms with Crippen molar-refractivity contribution in [3.8, 4) is 11.9 Å². The molecule has 0 radical (unpaired) electrons. The highest BCUT2D eigenvalue weighted by Gasteiger charge is 2.20. The molecule has 0 aliphatic rings. The van der Waals surface area contributed by atoms with Gasteiger partial charge < -0.3 is 9.84 Å². The number of aromatic hydroxyl groups is 1. The third kappa shape index (κ3) is 3.75. The predicted molar refractivity (Wildman–Crippen MR) is 102 cm³/mol. The van der Waals surface area contributed by atoms with Crippen LogP contribution in [0.3, 0.4) is 0 Å². The van der Waals surface area contributed by atoms with Crippen molar-refractivity contribution in [2.24, 2.45) is 4.99 Å². The first kappa shape index (κ1) is 19.9. The number of pyridine rings is 1. The van der Waals surface area contributed by atoms with Gasteiger partial charge in [0.05, 0.1) is 23.9 Å². The van der Waals surface area contributed by atoms with Gasteiger partial charge >= 0.3 is 5.97 Å². The van der Waals surface area contributed by atoms with Crippen LogP contribution in [-0.2, 0) is 4.74 Å². The molecule has 0 bridgehead atoms. The fourth-order valence-corrected chi connectivity index (χ4v) is 2.69. The molecular formula is C20H21N3O4. The number of methoxy groups -OCH3 is 1. The lowest BCUT2D eigenvalue weighted by molar-refractivity contribution is 0.0601.